The van der Waals surface area contributed by atoms with Gasteiger partial charge in [0.25, 0.3) is 0 Å². The number of nitrogens with one attached hydrogen (secondary N) is 1. The van der Waals surface area contributed by atoms with Crippen LogP contribution in [0.15, 0.2) is 28.7 Å². The number of hydrogen-bond donors (Lipinski definition) is 2. The van der Waals surface area contributed by atoms with Crippen molar-refractivity contribution < 1.29 is 9.84 Å². The average molecular weight is 342 g/mol. The van der Waals surface area contributed by atoms with Gasteiger partial charge in [-0.05, 0) is 37.0 Å². The SMILES string of the molecule is CCC(CCc1ccc(Br)cc1)NCC1(CO)COC1. The molecule has 0 saturated carbocycles. The van der Waals surface area contributed by atoms with E-state index in [-0.39, 0.29) is 12.0 Å². The molecule has 1 unspecified atom stereocenters. The first kappa shape index (κ1) is 16.0. The Kier molecular flexibility index (Phi) is 6.02. The normalized spacial score (nSPS) is 18.6. The first-order chi connectivity index (χ1) is 9.67. The second kappa shape index (κ2) is 7.55. The summed E-state index contributed by atoms with van der Waals surface area (Å²) in [7, 11) is 0. The molecule has 1 atom stereocenters. The number of ether oxygens (including phenoxy) is 1. The van der Waals surface area contributed by atoms with E-state index in [2.05, 4.69) is 52.4 Å². The van der Waals surface area contributed by atoms with Crippen molar-refractivity contribution in [1.29, 1.82) is 0 Å². The third-order valence-electron chi connectivity index (χ3n) is 4.11. The minimum atomic E-state index is -0.0367. The molecule has 3 nitrogen and oxygen atoms in total. The third-order valence-corrected chi connectivity index (χ3v) is 4.63. The van der Waals surface area contributed by atoms with Crippen LogP contribution in [-0.4, -0.2) is 37.5 Å². The Morgan fingerprint density at radius 3 is 2.55 bits per heavy atom. The van der Waals surface area contributed by atoms with Gasteiger partial charge in [-0.25, -0.2) is 0 Å². The molecule has 1 saturated heterocycles. The largest absolute Gasteiger partial charge is 0.396 e. The van der Waals surface area contributed by atoms with Crippen molar-refractivity contribution in [1.82, 2.24) is 5.32 Å². The van der Waals surface area contributed by atoms with Gasteiger partial charge >= 0.3 is 0 Å². The summed E-state index contributed by atoms with van der Waals surface area (Å²) in [5, 5.41) is 13.0. The van der Waals surface area contributed by atoms with Crippen LogP contribution in [0.4, 0.5) is 0 Å². The number of aryl methyl sites for hydroxylation is 1. The smallest absolute Gasteiger partial charge is 0.0579 e. The molecule has 2 rings (SSSR count). The molecule has 0 aromatic heterocycles. The number of aliphatic hydroxyl groups is 1. The van der Waals surface area contributed by atoms with Gasteiger partial charge in [0.05, 0.1) is 25.2 Å². The lowest BCUT2D eigenvalue weighted by atomic mass is 9.86. The molecular formula is C16H24BrNO2. The zero-order valence-corrected chi connectivity index (χ0v) is 13.7. The van der Waals surface area contributed by atoms with Crippen molar-refractivity contribution >= 4 is 15.9 Å². The quantitative estimate of drug-likeness (QED) is 0.763. The Balaban J connectivity index is 1.76. The molecule has 2 N–H and O–H groups in total. The predicted octanol–water partition coefficient (Wildman–Crippen LogP) is 2.76. The monoisotopic (exact) mass is 341 g/mol. The zero-order chi connectivity index (χ0) is 14.4. The van der Waals surface area contributed by atoms with Gasteiger partial charge in [-0.15, -0.1) is 0 Å². The van der Waals surface area contributed by atoms with Gasteiger partial charge in [-0.3, -0.25) is 0 Å². The fourth-order valence-corrected chi connectivity index (χ4v) is 2.71. The van der Waals surface area contributed by atoms with E-state index in [1.54, 1.807) is 0 Å². The number of hydrogen-bond acceptors (Lipinski definition) is 3. The Bertz CT molecular complexity index is 398. The summed E-state index contributed by atoms with van der Waals surface area (Å²) in [5.41, 5.74) is 1.34. The number of halogens is 1. The lowest BCUT2D eigenvalue weighted by molar-refractivity contribution is -0.135. The molecule has 4 heteroatoms. The predicted molar refractivity (Wildman–Crippen MR) is 84.9 cm³/mol. The Hall–Kier alpha value is -0.420. The van der Waals surface area contributed by atoms with Gasteiger partial charge < -0.3 is 15.2 Å². The van der Waals surface area contributed by atoms with E-state index in [1.807, 2.05) is 0 Å². The van der Waals surface area contributed by atoms with Crippen molar-refractivity contribution in [2.45, 2.75) is 32.2 Å². The van der Waals surface area contributed by atoms with E-state index in [0.717, 1.165) is 30.3 Å². The van der Waals surface area contributed by atoms with Crippen LogP contribution >= 0.6 is 15.9 Å². The highest BCUT2D eigenvalue weighted by Gasteiger charge is 2.37. The van der Waals surface area contributed by atoms with Crippen LogP contribution in [0.25, 0.3) is 0 Å². The van der Waals surface area contributed by atoms with Crippen LogP contribution in [0.3, 0.4) is 0 Å². The van der Waals surface area contributed by atoms with Crippen molar-refractivity contribution in [2.24, 2.45) is 5.41 Å². The molecule has 1 fully saturated rings. The molecule has 0 radical (unpaired) electrons. The van der Waals surface area contributed by atoms with Gasteiger partial charge in [0.2, 0.25) is 0 Å². The molecule has 1 aromatic rings. The fraction of sp³-hybridized carbons (Fsp3) is 0.625. The standard InChI is InChI=1S/C16H24BrNO2/c1-2-15(18-9-16(10-19)11-20-12-16)8-5-13-3-6-14(17)7-4-13/h3-4,6-7,15,18-19H,2,5,8-12H2,1H3. The van der Waals surface area contributed by atoms with Gasteiger partial charge in [0.1, 0.15) is 0 Å². The molecule has 0 spiro atoms. The Morgan fingerprint density at radius 2 is 2.05 bits per heavy atom. The molecular weight excluding hydrogens is 318 g/mol. The topological polar surface area (TPSA) is 41.5 Å². The van der Waals surface area contributed by atoms with Crippen molar-refractivity contribution in [3.8, 4) is 0 Å². The lowest BCUT2D eigenvalue weighted by Crippen LogP contribution is -2.53. The molecule has 0 bridgehead atoms. The summed E-state index contributed by atoms with van der Waals surface area (Å²) in [6.07, 6.45) is 3.32. The van der Waals surface area contributed by atoms with E-state index in [9.17, 15) is 5.11 Å². The molecule has 0 amide bonds. The van der Waals surface area contributed by atoms with E-state index >= 15 is 0 Å². The van der Waals surface area contributed by atoms with Gasteiger partial charge in [0.15, 0.2) is 0 Å². The lowest BCUT2D eigenvalue weighted by Gasteiger charge is -2.41. The highest BCUT2D eigenvalue weighted by atomic mass is 79.9. The first-order valence-electron chi connectivity index (χ1n) is 7.34. The van der Waals surface area contributed by atoms with Gasteiger partial charge in [-0.1, -0.05) is 35.0 Å². The van der Waals surface area contributed by atoms with Gasteiger partial charge in [-0.2, -0.15) is 0 Å². The Labute approximate surface area is 129 Å². The summed E-state index contributed by atoms with van der Waals surface area (Å²) in [5.74, 6) is 0. The van der Waals surface area contributed by atoms with Crippen molar-refractivity contribution in [3.63, 3.8) is 0 Å². The summed E-state index contributed by atoms with van der Waals surface area (Å²) in [6, 6.07) is 9.03. The number of benzene rings is 1. The molecule has 1 heterocycles. The van der Waals surface area contributed by atoms with Crippen molar-refractivity contribution in [2.75, 3.05) is 26.4 Å². The van der Waals surface area contributed by atoms with Crippen LogP contribution in [0.1, 0.15) is 25.3 Å². The maximum absolute atomic E-state index is 9.43. The van der Waals surface area contributed by atoms with Crippen LogP contribution < -0.4 is 5.32 Å². The number of rotatable bonds is 8. The minimum Gasteiger partial charge on any atom is -0.396 e. The second-order valence-electron chi connectivity index (χ2n) is 5.80. The minimum absolute atomic E-state index is 0.0367. The van der Waals surface area contributed by atoms with Crippen LogP contribution in [0.5, 0.6) is 0 Å². The van der Waals surface area contributed by atoms with E-state index in [4.69, 9.17) is 4.74 Å². The van der Waals surface area contributed by atoms with Crippen LogP contribution in [-0.2, 0) is 11.2 Å². The van der Waals surface area contributed by atoms with Crippen molar-refractivity contribution in [3.05, 3.63) is 34.3 Å². The second-order valence-corrected chi connectivity index (χ2v) is 6.72. The third kappa shape index (κ3) is 4.29. The summed E-state index contributed by atoms with van der Waals surface area (Å²) in [4.78, 5) is 0. The molecule has 20 heavy (non-hydrogen) atoms. The molecule has 1 aliphatic heterocycles. The highest BCUT2D eigenvalue weighted by molar-refractivity contribution is 9.10. The first-order valence-corrected chi connectivity index (χ1v) is 8.13. The molecule has 0 aliphatic carbocycles. The average Bonchev–Trinajstić information content (AvgIpc) is 2.43. The van der Waals surface area contributed by atoms with Crippen LogP contribution in [0.2, 0.25) is 0 Å². The van der Waals surface area contributed by atoms with Crippen LogP contribution in [0, 0.1) is 5.41 Å². The maximum Gasteiger partial charge on any atom is 0.0579 e. The van der Waals surface area contributed by atoms with E-state index < -0.39 is 0 Å². The molecule has 1 aliphatic rings. The number of aliphatic hydroxyl groups excluding tert-OH is 1. The van der Waals surface area contributed by atoms with E-state index in [1.165, 1.54) is 5.56 Å². The Morgan fingerprint density at radius 1 is 1.35 bits per heavy atom. The molecule has 1 aromatic carbocycles. The summed E-state index contributed by atoms with van der Waals surface area (Å²) >= 11 is 3.46. The summed E-state index contributed by atoms with van der Waals surface area (Å²) in [6.45, 7) is 4.63. The highest BCUT2D eigenvalue weighted by Crippen LogP contribution is 2.26. The maximum atomic E-state index is 9.43. The zero-order valence-electron chi connectivity index (χ0n) is 12.1. The van der Waals surface area contributed by atoms with Gasteiger partial charge in [0, 0.05) is 17.1 Å². The fourth-order valence-electron chi connectivity index (χ4n) is 2.44. The summed E-state index contributed by atoms with van der Waals surface area (Å²) < 4.78 is 6.36. The molecule has 112 valence electrons. The van der Waals surface area contributed by atoms with E-state index in [0.29, 0.717) is 19.3 Å².